The summed E-state index contributed by atoms with van der Waals surface area (Å²) in [7, 11) is 3.96. The van der Waals surface area contributed by atoms with E-state index in [-0.39, 0.29) is 17.5 Å². The summed E-state index contributed by atoms with van der Waals surface area (Å²) >= 11 is 5.26. The topological polar surface area (TPSA) is 70.1 Å². The second-order valence-electron chi connectivity index (χ2n) is 7.00. The maximum absolute atomic E-state index is 12.7. The fraction of sp³-hybridized carbons (Fsp3) is 0.227. The summed E-state index contributed by atoms with van der Waals surface area (Å²) in [5.74, 6) is -0.204. The number of allylic oxidation sites excluding steroid dienone is 1. The van der Waals surface area contributed by atoms with Gasteiger partial charge in [-0.3, -0.25) is 14.2 Å². The van der Waals surface area contributed by atoms with Crippen molar-refractivity contribution in [2.45, 2.75) is 12.6 Å². The van der Waals surface area contributed by atoms with Crippen LogP contribution in [0.5, 0.6) is 0 Å². The lowest BCUT2D eigenvalue weighted by molar-refractivity contribution is 0.0942. The molecule has 3 aromatic rings. The standard InChI is InChI=1S/C22H24N4O2S/c1-4-12-26-21(28)17-11-10-16(13-18(17)24-22(26)29)20(27)23-14-19(25(2)3)15-8-6-5-7-9-15/h4-11,13,19H,1,12,14H2,2-3H3,(H,23,27)(H,24,29). The fourth-order valence-corrected chi connectivity index (χ4v) is 3.52. The zero-order valence-corrected chi connectivity index (χ0v) is 17.3. The van der Waals surface area contributed by atoms with Crippen molar-refractivity contribution < 1.29 is 4.79 Å². The summed E-state index contributed by atoms with van der Waals surface area (Å²) < 4.78 is 1.74. The van der Waals surface area contributed by atoms with E-state index < -0.39 is 0 Å². The molecule has 0 bridgehead atoms. The first-order chi connectivity index (χ1) is 13.9. The molecule has 0 saturated carbocycles. The molecule has 7 heteroatoms. The molecule has 2 aromatic carbocycles. The summed E-state index contributed by atoms with van der Waals surface area (Å²) in [6.07, 6.45) is 1.62. The Hall–Kier alpha value is -3.03. The van der Waals surface area contributed by atoms with Gasteiger partial charge in [0.15, 0.2) is 4.77 Å². The number of hydrogen-bond donors (Lipinski definition) is 2. The van der Waals surface area contributed by atoms with Gasteiger partial charge < -0.3 is 15.2 Å². The average Bonchev–Trinajstić information content (AvgIpc) is 2.71. The largest absolute Gasteiger partial charge is 0.350 e. The van der Waals surface area contributed by atoms with Crippen molar-refractivity contribution in [3.63, 3.8) is 0 Å². The Labute approximate surface area is 174 Å². The van der Waals surface area contributed by atoms with Crippen LogP contribution in [-0.4, -0.2) is 41.0 Å². The lowest BCUT2D eigenvalue weighted by Gasteiger charge is -2.25. The fourth-order valence-electron chi connectivity index (χ4n) is 3.26. The number of aromatic amines is 1. The van der Waals surface area contributed by atoms with Gasteiger partial charge in [0, 0.05) is 18.7 Å². The molecule has 1 heterocycles. The number of nitrogens with zero attached hydrogens (tertiary/aromatic N) is 2. The number of H-pyrrole nitrogens is 1. The molecule has 0 spiro atoms. The summed E-state index contributed by atoms with van der Waals surface area (Å²) in [5.41, 5.74) is 1.94. The normalized spacial score (nSPS) is 12.1. The molecule has 0 aliphatic heterocycles. The Kier molecular flexibility index (Phi) is 6.41. The SMILES string of the molecule is C=CCn1c(=S)[nH]c2cc(C(=O)NCC(c3ccccc3)N(C)C)ccc2c1=O. The van der Waals surface area contributed by atoms with Gasteiger partial charge in [0.2, 0.25) is 0 Å². The molecule has 1 atom stereocenters. The first-order valence-electron chi connectivity index (χ1n) is 9.29. The van der Waals surface area contributed by atoms with Crippen molar-refractivity contribution in [1.82, 2.24) is 19.8 Å². The number of likely N-dealkylation sites (N-methyl/N-ethyl adjacent to an activating group) is 1. The van der Waals surface area contributed by atoms with E-state index in [0.29, 0.717) is 34.3 Å². The Balaban J connectivity index is 1.84. The van der Waals surface area contributed by atoms with Crippen molar-refractivity contribution in [3.8, 4) is 0 Å². The van der Waals surface area contributed by atoms with E-state index in [1.54, 1.807) is 24.3 Å². The van der Waals surface area contributed by atoms with Crippen molar-refractivity contribution in [3.05, 3.63) is 87.4 Å². The molecular weight excluding hydrogens is 384 g/mol. The van der Waals surface area contributed by atoms with Gasteiger partial charge in [-0.1, -0.05) is 36.4 Å². The molecule has 1 amide bonds. The molecule has 1 unspecified atom stereocenters. The van der Waals surface area contributed by atoms with E-state index in [2.05, 4.69) is 21.8 Å². The molecule has 150 valence electrons. The van der Waals surface area contributed by atoms with Gasteiger partial charge in [0.1, 0.15) is 0 Å². The highest BCUT2D eigenvalue weighted by molar-refractivity contribution is 7.71. The summed E-state index contributed by atoms with van der Waals surface area (Å²) in [4.78, 5) is 30.4. The van der Waals surface area contributed by atoms with Gasteiger partial charge >= 0.3 is 0 Å². The number of rotatable bonds is 7. The molecule has 29 heavy (non-hydrogen) atoms. The lowest BCUT2D eigenvalue weighted by Crippen LogP contribution is -2.34. The van der Waals surface area contributed by atoms with Crippen LogP contribution in [0.1, 0.15) is 22.0 Å². The van der Waals surface area contributed by atoms with Crippen LogP contribution in [0.3, 0.4) is 0 Å². The Morgan fingerprint density at radius 2 is 2.00 bits per heavy atom. The zero-order valence-electron chi connectivity index (χ0n) is 16.5. The minimum Gasteiger partial charge on any atom is -0.350 e. The maximum atomic E-state index is 12.7. The van der Waals surface area contributed by atoms with Crippen LogP contribution in [0, 0.1) is 4.77 Å². The van der Waals surface area contributed by atoms with Gasteiger partial charge in [-0.15, -0.1) is 6.58 Å². The first kappa shape index (κ1) is 20.7. The molecule has 2 N–H and O–H groups in total. The van der Waals surface area contributed by atoms with E-state index in [9.17, 15) is 9.59 Å². The number of carbonyl (C=O) groups is 1. The number of aromatic nitrogens is 2. The quantitative estimate of drug-likeness (QED) is 0.465. The Bertz CT molecular complexity index is 1150. The number of fused-ring (bicyclic) bond motifs is 1. The molecular formula is C22H24N4O2S. The summed E-state index contributed by atoms with van der Waals surface area (Å²) in [5, 5.41) is 3.47. The Morgan fingerprint density at radius 3 is 2.66 bits per heavy atom. The number of carbonyl (C=O) groups excluding carboxylic acids is 1. The third-order valence-electron chi connectivity index (χ3n) is 4.82. The van der Waals surface area contributed by atoms with Gasteiger partial charge in [-0.05, 0) is 50.1 Å². The zero-order chi connectivity index (χ0) is 21.0. The molecule has 3 rings (SSSR count). The highest BCUT2D eigenvalue weighted by Crippen LogP contribution is 2.17. The second-order valence-corrected chi connectivity index (χ2v) is 7.38. The molecule has 6 nitrogen and oxygen atoms in total. The predicted molar refractivity (Wildman–Crippen MR) is 119 cm³/mol. The van der Waals surface area contributed by atoms with E-state index in [1.807, 2.05) is 44.4 Å². The molecule has 1 aromatic heterocycles. The maximum Gasteiger partial charge on any atom is 0.262 e. The third-order valence-corrected chi connectivity index (χ3v) is 5.14. The van der Waals surface area contributed by atoms with Crippen molar-refractivity contribution in [2.75, 3.05) is 20.6 Å². The number of nitrogens with one attached hydrogen (secondary N) is 2. The van der Waals surface area contributed by atoms with Crippen molar-refractivity contribution in [2.24, 2.45) is 0 Å². The number of benzene rings is 2. The average molecular weight is 409 g/mol. The van der Waals surface area contributed by atoms with E-state index in [4.69, 9.17) is 12.2 Å². The minimum atomic E-state index is -0.204. The van der Waals surface area contributed by atoms with Crippen LogP contribution in [0.2, 0.25) is 0 Å². The minimum absolute atomic E-state index is 0.0533. The second kappa shape index (κ2) is 8.98. The Morgan fingerprint density at radius 1 is 1.28 bits per heavy atom. The van der Waals surface area contributed by atoms with Crippen LogP contribution in [-0.2, 0) is 6.54 Å². The van der Waals surface area contributed by atoms with Gasteiger partial charge in [-0.2, -0.15) is 0 Å². The predicted octanol–water partition coefficient (Wildman–Crippen LogP) is 3.28. The van der Waals surface area contributed by atoms with Crippen molar-refractivity contribution in [1.29, 1.82) is 0 Å². The first-order valence-corrected chi connectivity index (χ1v) is 9.70. The monoisotopic (exact) mass is 408 g/mol. The van der Waals surface area contributed by atoms with Crippen LogP contribution in [0.4, 0.5) is 0 Å². The molecule has 0 aliphatic rings. The number of hydrogen-bond acceptors (Lipinski definition) is 4. The van der Waals surface area contributed by atoms with Crippen LogP contribution >= 0.6 is 12.2 Å². The van der Waals surface area contributed by atoms with E-state index >= 15 is 0 Å². The van der Waals surface area contributed by atoms with Gasteiger partial charge in [0.25, 0.3) is 11.5 Å². The van der Waals surface area contributed by atoms with Crippen LogP contribution in [0.25, 0.3) is 10.9 Å². The highest BCUT2D eigenvalue weighted by Gasteiger charge is 2.16. The summed E-state index contributed by atoms with van der Waals surface area (Å²) in [6.45, 7) is 4.44. The van der Waals surface area contributed by atoms with Gasteiger partial charge in [0.05, 0.1) is 16.9 Å². The lowest BCUT2D eigenvalue weighted by atomic mass is 10.1. The molecule has 0 saturated heterocycles. The van der Waals surface area contributed by atoms with E-state index in [1.165, 1.54) is 4.57 Å². The molecule has 0 fully saturated rings. The molecule has 0 aliphatic carbocycles. The highest BCUT2D eigenvalue weighted by atomic mass is 32.1. The van der Waals surface area contributed by atoms with Gasteiger partial charge in [-0.25, -0.2) is 0 Å². The molecule has 0 radical (unpaired) electrons. The summed E-state index contributed by atoms with van der Waals surface area (Å²) in [6, 6.07) is 15.0. The van der Waals surface area contributed by atoms with Crippen LogP contribution in [0.15, 0.2) is 66.0 Å². The number of amides is 1. The van der Waals surface area contributed by atoms with E-state index in [0.717, 1.165) is 5.56 Å². The third kappa shape index (κ3) is 4.52. The van der Waals surface area contributed by atoms with Crippen molar-refractivity contribution >= 4 is 29.0 Å². The smallest absolute Gasteiger partial charge is 0.262 e. The van der Waals surface area contributed by atoms with Crippen LogP contribution < -0.4 is 10.9 Å².